The van der Waals surface area contributed by atoms with E-state index < -0.39 is 42.6 Å². The standard InChI is InChI=1S/C13H20O8/c14-7-8(15)10(11(17)18)20-13(9(7)16)21-12(19)6-4-2-1-3-5-6/h6-10,13-16H,1-5H2,(H,17,18)/t7-,8-,9+,10-,13-/m0/s1. The van der Waals surface area contributed by atoms with Crippen molar-refractivity contribution in [2.75, 3.05) is 0 Å². The van der Waals surface area contributed by atoms with Crippen molar-refractivity contribution >= 4 is 11.9 Å². The highest BCUT2D eigenvalue weighted by atomic mass is 16.7. The maximum Gasteiger partial charge on any atom is 0.335 e. The number of aliphatic hydroxyl groups excluding tert-OH is 3. The topological polar surface area (TPSA) is 134 Å². The molecule has 0 aromatic carbocycles. The van der Waals surface area contributed by atoms with Gasteiger partial charge in [-0.15, -0.1) is 0 Å². The lowest BCUT2D eigenvalue weighted by molar-refractivity contribution is -0.287. The third-order valence-corrected chi connectivity index (χ3v) is 3.98. The fourth-order valence-corrected chi connectivity index (χ4v) is 2.70. The molecule has 120 valence electrons. The van der Waals surface area contributed by atoms with E-state index in [0.717, 1.165) is 19.3 Å². The summed E-state index contributed by atoms with van der Waals surface area (Å²) in [4.78, 5) is 22.9. The van der Waals surface area contributed by atoms with E-state index in [1.165, 1.54) is 0 Å². The quantitative estimate of drug-likeness (QED) is 0.488. The first-order valence-electron chi connectivity index (χ1n) is 7.04. The molecule has 2 fully saturated rings. The highest BCUT2D eigenvalue weighted by Crippen LogP contribution is 2.28. The summed E-state index contributed by atoms with van der Waals surface area (Å²) in [6.07, 6.45) is -4.37. The van der Waals surface area contributed by atoms with E-state index in [1.54, 1.807) is 0 Å². The van der Waals surface area contributed by atoms with Gasteiger partial charge in [0.25, 0.3) is 0 Å². The zero-order valence-electron chi connectivity index (χ0n) is 11.4. The molecule has 2 aliphatic rings. The molecule has 4 N–H and O–H groups in total. The van der Waals surface area contributed by atoms with Crippen LogP contribution in [0, 0.1) is 5.92 Å². The lowest BCUT2D eigenvalue weighted by Crippen LogP contribution is -2.60. The summed E-state index contributed by atoms with van der Waals surface area (Å²) >= 11 is 0. The molecule has 0 aromatic rings. The van der Waals surface area contributed by atoms with Gasteiger partial charge in [-0.05, 0) is 12.8 Å². The van der Waals surface area contributed by atoms with Crippen LogP contribution in [0.5, 0.6) is 0 Å². The van der Waals surface area contributed by atoms with Crippen LogP contribution in [0.15, 0.2) is 0 Å². The SMILES string of the molecule is O=C(O[C@@H]1O[C@H](C(=O)O)[C@@H](O)[C@H](O)[C@H]1O)C1CCCCC1. The fourth-order valence-electron chi connectivity index (χ4n) is 2.70. The molecular formula is C13H20O8. The Bertz CT molecular complexity index is 392. The average molecular weight is 304 g/mol. The predicted molar refractivity (Wildman–Crippen MR) is 67.0 cm³/mol. The molecule has 5 atom stereocenters. The Balaban J connectivity index is 2.00. The third-order valence-electron chi connectivity index (χ3n) is 3.98. The Hall–Kier alpha value is -1.22. The van der Waals surface area contributed by atoms with Gasteiger partial charge in [0.1, 0.15) is 18.3 Å². The van der Waals surface area contributed by atoms with E-state index in [2.05, 4.69) is 0 Å². The monoisotopic (exact) mass is 304 g/mol. The summed E-state index contributed by atoms with van der Waals surface area (Å²) in [5, 5.41) is 37.8. The molecule has 21 heavy (non-hydrogen) atoms. The van der Waals surface area contributed by atoms with Crippen molar-refractivity contribution in [1.82, 2.24) is 0 Å². The van der Waals surface area contributed by atoms with Crippen LogP contribution < -0.4 is 0 Å². The molecule has 0 radical (unpaired) electrons. The number of aliphatic hydroxyl groups is 3. The lowest BCUT2D eigenvalue weighted by Gasteiger charge is -2.38. The summed E-state index contributed by atoms with van der Waals surface area (Å²) < 4.78 is 9.90. The number of carboxylic acids is 1. The molecule has 0 spiro atoms. The summed E-state index contributed by atoms with van der Waals surface area (Å²) in [6, 6.07) is 0. The Morgan fingerprint density at radius 3 is 2.14 bits per heavy atom. The minimum atomic E-state index is -1.79. The zero-order chi connectivity index (χ0) is 15.6. The van der Waals surface area contributed by atoms with E-state index in [4.69, 9.17) is 14.6 Å². The predicted octanol–water partition coefficient (Wildman–Crippen LogP) is -0.998. The van der Waals surface area contributed by atoms with Crippen LogP contribution in [0.2, 0.25) is 0 Å². The van der Waals surface area contributed by atoms with Crippen molar-refractivity contribution in [1.29, 1.82) is 0 Å². The number of aliphatic carboxylic acids is 1. The number of rotatable bonds is 3. The van der Waals surface area contributed by atoms with E-state index in [9.17, 15) is 24.9 Å². The average Bonchev–Trinajstić information content (AvgIpc) is 2.48. The Kier molecular flexibility index (Phi) is 5.15. The molecule has 1 aliphatic carbocycles. The molecule has 1 aliphatic heterocycles. The number of hydrogen-bond donors (Lipinski definition) is 4. The molecule has 0 aromatic heterocycles. The number of ether oxygens (including phenoxy) is 2. The molecule has 0 bridgehead atoms. The Labute approximate surface area is 121 Å². The van der Waals surface area contributed by atoms with Gasteiger partial charge in [0.2, 0.25) is 6.29 Å². The minimum absolute atomic E-state index is 0.304. The summed E-state index contributed by atoms with van der Waals surface area (Å²) in [7, 11) is 0. The fraction of sp³-hybridized carbons (Fsp3) is 0.846. The molecule has 0 amide bonds. The van der Waals surface area contributed by atoms with Crippen LogP contribution in [0.4, 0.5) is 0 Å². The lowest BCUT2D eigenvalue weighted by atomic mass is 9.89. The van der Waals surface area contributed by atoms with Crippen molar-refractivity contribution in [2.24, 2.45) is 5.92 Å². The number of carbonyl (C=O) groups excluding carboxylic acids is 1. The van der Waals surface area contributed by atoms with E-state index in [0.29, 0.717) is 12.8 Å². The van der Waals surface area contributed by atoms with Crippen molar-refractivity contribution < 1.29 is 39.5 Å². The maximum absolute atomic E-state index is 12.0. The first-order valence-corrected chi connectivity index (χ1v) is 7.04. The zero-order valence-corrected chi connectivity index (χ0v) is 11.4. The summed E-state index contributed by atoms with van der Waals surface area (Å²) in [5.74, 6) is -2.39. The molecular weight excluding hydrogens is 284 g/mol. The second kappa shape index (κ2) is 6.69. The van der Waals surface area contributed by atoms with Gasteiger partial charge in [0.15, 0.2) is 6.10 Å². The van der Waals surface area contributed by atoms with Gasteiger partial charge < -0.3 is 29.9 Å². The van der Waals surface area contributed by atoms with Crippen molar-refractivity contribution in [2.45, 2.75) is 62.8 Å². The van der Waals surface area contributed by atoms with E-state index in [-0.39, 0.29) is 5.92 Å². The van der Waals surface area contributed by atoms with Crippen molar-refractivity contribution in [3.05, 3.63) is 0 Å². The second-order valence-corrected chi connectivity index (χ2v) is 5.51. The number of esters is 1. The molecule has 1 heterocycles. The molecule has 8 nitrogen and oxygen atoms in total. The molecule has 1 saturated heterocycles. The first kappa shape index (κ1) is 16.2. The Morgan fingerprint density at radius 2 is 1.57 bits per heavy atom. The van der Waals surface area contributed by atoms with Gasteiger partial charge in [-0.2, -0.15) is 0 Å². The van der Waals surface area contributed by atoms with Gasteiger partial charge in [-0.1, -0.05) is 19.3 Å². The second-order valence-electron chi connectivity index (χ2n) is 5.51. The van der Waals surface area contributed by atoms with Crippen LogP contribution in [-0.4, -0.2) is 63.1 Å². The van der Waals surface area contributed by atoms with Gasteiger partial charge in [-0.25, -0.2) is 4.79 Å². The van der Waals surface area contributed by atoms with Gasteiger partial charge in [0.05, 0.1) is 5.92 Å². The van der Waals surface area contributed by atoms with Gasteiger partial charge in [-0.3, -0.25) is 4.79 Å². The molecule has 2 rings (SSSR count). The maximum atomic E-state index is 12.0. The molecule has 1 saturated carbocycles. The van der Waals surface area contributed by atoms with Gasteiger partial charge in [0, 0.05) is 0 Å². The van der Waals surface area contributed by atoms with Crippen LogP contribution in [-0.2, 0) is 19.1 Å². The van der Waals surface area contributed by atoms with Crippen LogP contribution in [0.25, 0.3) is 0 Å². The third kappa shape index (κ3) is 3.52. The van der Waals surface area contributed by atoms with E-state index in [1.807, 2.05) is 0 Å². The number of carbonyl (C=O) groups is 2. The largest absolute Gasteiger partial charge is 0.479 e. The molecule has 0 unspecified atom stereocenters. The smallest absolute Gasteiger partial charge is 0.335 e. The highest BCUT2D eigenvalue weighted by molar-refractivity contribution is 5.74. The Morgan fingerprint density at radius 1 is 0.952 bits per heavy atom. The number of hydrogen-bond acceptors (Lipinski definition) is 7. The summed E-state index contributed by atoms with van der Waals surface area (Å²) in [5.41, 5.74) is 0. The van der Waals surface area contributed by atoms with Crippen LogP contribution in [0.3, 0.4) is 0 Å². The highest BCUT2D eigenvalue weighted by Gasteiger charge is 2.48. The van der Waals surface area contributed by atoms with Gasteiger partial charge >= 0.3 is 11.9 Å². The number of carboxylic acid groups (broad SMARTS) is 1. The normalized spacial score (nSPS) is 38.0. The molecule has 8 heteroatoms. The van der Waals surface area contributed by atoms with Crippen LogP contribution >= 0.6 is 0 Å². The van der Waals surface area contributed by atoms with Crippen molar-refractivity contribution in [3.63, 3.8) is 0 Å². The summed E-state index contributed by atoms with van der Waals surface area (Å²) in [6.45, 7) is 0. The first-order chi connectivity index (χ1) is 9.91. The van der Waals surface area contributed by atoms with Crippen molar-refractivity contribution in [3.8, 4) is 0 Å². The van der Waals surface area contributed by atoms with E-state index >= 15 is 0 Å². The minimum Gasteiger partial charge on any atom is -0.479 e. The van der Waals surface area contributed by atoms with Crippen LogP contribution in [0.1, 0.15) is 32.1 Å².